The molecule has 0 aliphatic heterocycles. The molecule has 0 unspecified atom stereocenters. The Morgan fingerprint density at radius 1 is 1.33 bits per heavy atom. The molecule has 0 fully saturated rings. The first-order chi connectivity index (χ1) is 12.7. The fraction of sp³-hybridized carbons (Fsp3) is 0.176. The van der Waals surface area contributed by atoms with Crippen molar-refractivity contribution in [1.82, 2.24) is 9.97 Å². The Kier molecular flexibility index (Phi) is 5.01. The van der Waals surface area contributed by atoms with Gasteiger partial charge in [0.15, 0.2) is 5.82 Å². The Bertz CT molecular complexity index is 1150. The van der Waals surface area contributed by atoms with E-state index < -0.39 is 38.7 Å². The molecule has 10 heteroatoms. The zero-order valence-corrected chi connectivity index (χ0v) is 15.5. The summed E-state index contributed by atoms with van der Waals surface area (Å²) >= 11 is 0. The van der Waals surface area contributed by atoms with Crippen molar-refractivity contribution in [2.24, 2.45) is 0 Å². The smallest absolute Gasteiger partial charge is 0.232 e. The number of carbonyl (C=O) groups is 1. The van der Waals surface area contributed by atoms with E-state index in [0.29, 0.717) is 17.5 Å². The number of anilines is 1. The first kappa shape index (κ1) is 19.0. The molecule has 140 valence electrons. The summed E-state index contributed by atoms with van der Waals surface area (Å²) in [5.74, 6) is -3.46. The molecule has 0 radical (unpaired) electrons. The van der Waals surface area contributed by atoms with Crippen LogP contribution in [0, 0.1) is 11.6 Å². The van der Waals surface area contributed by atoms with Crippen LogP contribution >= 0.6 is 0 Å². The van der Waals surface area contributed by atoms with E-state index in [9.17, 15) is 22.0 Å². The van der Waals surface area contributed by atoms with Gasteiger partial charge in [-0.1, -0.05) is 18.5 Å². The van der Waals surface area contributed by atoms with Gasteiger partial charge in [0.1, 0.15) is 19.3 Å². The molecule has 0 bridgehead atoms. The normalized spacial score (nSPS) is 11.7. The fourth-order valence-corrected chi connectivity index (χ4v) is 3.89. The summed E-state index contributed by atoms with van der Waals surface area (Å²) < 4.78 is 54.9. The molecule has 3 rings (SSSR count). The van der Waals surface area contributed by atoms with Crippen molar-refractivity contribution in [3.63, 3.8) is 0 Å². The summed E-state index contributed by atoms with van der Waals surface area (Å²) in [6.07, 6.45) is 3.25. The number of nitrogens with zero attached hydrogens (tertiary/aromatic N) is 1. The van der Waals surface area contributed by atoms with Gasteiger partial charge < -0.3 is 4.98 Å². The lowest BCUT2D eigenvalue weighted by Crippen LogP contribution is -2.18. The molecule has 3 aromatic rings. The summed E-state index contributed by atoms with van der Waals surface area (Å²) in [4.78, 5) is 19.7. The van der Waals surface area contributed by atoms with Gasteiger partial charge in [-0.05, 0) is 18.6 Å². The number of carbonyl (C=O) groups excluding carboxylic acids is 1. The van der Waals surface area contributed by atoms with E-state index in [4.69, 9.17) is 0 Å². The van der Waals surface area contributed by atoms with Crippen LogP contribution in [0.25, 0.3) is 11.0 Å². The molecular formula is C17H16BF2N3O3S. The van der Waals surface area contributed by atoms with Gasteiger partial charge in [0.05, 0.1) is 17.0 Å². The zero-order chi connectivity index (χ0) is 19.8. The van der Waals surface area contributed by atoms with Crippen LogP contribution in [0.1, 0.15) is 29.3 Å². The Morgan fingerprint density at radius 2 is 2.07 bits per heavy atom. The minimum Gasteiger partial charge on any atom is -0.345 e. The Balaban J connectivity index is 2.09. The molecule has 2 N–H and O–H groups in total. The molecule has 0 amide bonds. The number of H-pyrrole nitrogens is 1. The highest BCUT2D eigenvalue weighted by Crippen LogP contribution is 2.27. The fourth-order valence-electron chi connectivity index (χ4n) is 2.76. The molecule has 0 aliphatic rings. The number of aromatic amines is 1. The van der Waals surface area contributed by atoms with Gasteiger partial charge in [-0.2, -0.15) is 0 Å². The second-order valence-corrected chi connectivity index (χ2v) is 7.99. The maximum Gasteiger partial charge on any atom is 0.232 e. The number of fused-ring (bicyclic) bond motifs is 1. The van der Waals surface area contributed by atoms with Gasteiger partial charge in [-0.15, -0.1) is 0 Å². The number of nitrogens with one attached hydrogen (secondary N) is 2. The van der Waals surface area contributed by atoms with Gasteiger partial charge >= 0.3 is 0 Å². The van der Waals surface area contributed by atoms with E-state index in [-0.39, 0.29) is 11.3 Å². The molecule has 2 heterocycles. The number of hydrogen-bond acceptors (Lipinski definition) is 4. The third kappa shape index (κ3) is 3.70. The van der Waals surface area contributed by atoms with E-state index in [1.165, 1.54) is 6.20 Å². The maximum atomic E-state index is 14.8. The van der Waals surface area contributed by atoms with Crippen LogP contribution in [0.2, 0.25) is 0 Å². The van der Waals surface area contributed by atoms with E-state index in [0.717, 1.165) is 17.6 Å². The summed E-state index contributed by atoms with van der Waals surface area (Å²) in [7, 11) is -2.02. The van der Waals surface area contributed by atoms with Gasteiger partial charge in [0.25, 0.3) is 0 Å². The van der Waals surface area contributed by atoms with Crippen LogP contribution in [0.5, 0.6) is 0 Å². The van der Waals surface area contributed by atoms with Crippen LogP contribution in [0.3, 0.4) is 0 Å². The number of halogens is 2. The highest BCUT2D eigenvalue weighted by Gasteiger charge is 2.25. The number of pyridine rings is 1. The molecule has 2 aromatic heterocycles. The SMILES string of the molecule is Bc1cnc2[nH]cc(C(=O)c3c(F)ccc(NS(=O)(=O)CCC)c3F)c2c1. The zero-order valence-electron chi connectivity index (χ0n) is 14.6. The summed E-state index contributed by atoms with van der Waals surface area (Å²) in [5, 5.41) is 0.427. The van der Waals surface area contributed by atoms with Crippen molar-refractivity contribution in [3.8, 4) is 0 Å². The number of aromatic nitrogens is 2. The highest BCUT2D eigenvalue weighted by molar-refractivity contribution is 7.92. The van der Waals surface area contributed by atoms with Gasteiger partial charge in [-0.25, -0.2) is 22.2 Å². The molecular weight excluding hydrogens is 375 g/mol. The average Bonchev–Trinajstić information content (AvgIpc) is 3.00. The molecule has 6 nitrogen and oxygen atoms in total. The summed E-state index contributed by atoms with van der Waals surface area (Å²) in [6, 6.07) is 3.49. The third-order valence-electron chi connectivity index (χ3n) is 3.97. The quantitative estimate of drug-likeness (QED) is 0.492. The predicted molar refractivity (Wildman–Crippen MR) is 102 cm³/mol. The topological polar surface area (TPSA) is 91.9 Å². The second-order valence-electron chi connectivity index (χ2n) is 6.15. The van der Waals surface area contributed by atoms with Crippen molar-refractivity contribution in [2.75, 3.05) is 10.5 Å². The van der Waals surface area contributed by atoms with Crippen molar-refractivity contribution >= 4 is 45.8 Å². The van der Waals surface area contributed by atoms with Crippen molar-refractivity contribution in [3.05, 3.63) is 53.4 Å². The highest BCUT2D eigenvalue weighted by atomic mass is 32.2. The standard InChI is InChI=1S/C17H16BF2N3O3S/c1-2-5-27(25,26)23-13-4-3-12(19)14(15(13)20)16(24)11-8-22-17-10(11)6-9(18)7-21-17/h3-4,6-8,23H,2,5,18H2,1H3,(H,21,22). The summed E-state index contributed by atoms with van der Waals surface area (Å²) in [5.41, 5.74) is -0.0632. The number of ketones is 1. The summed E-state index contributed by atoms with van der Waals surface area (Å²) in [6.45, 7) is 1.66. The molecule has 0 saturated carbocycles. The molecule has 0 saturated heterocycles. The van der Waals surface area contributed by atoms with Gasteiger partial charge in [0.2, 0.25) is 15.8 Å². The third-order valence-corrected chi connectivity index (χ3v) is 5.45. The van der Waals surface area contributed by atoms with E-state index in [1.54, 1.807) is 27.0 Å². The van der Waals surface area contributed by atoms with Crippen LogP contribution in [-0.2, 0) is 10.0 Å². The van der Waals surface area contributed by atoms with E-state index in [2.05, 4.69) is 14.7 Å². The number of sulfonamides is 1. The van der Waals surface area contributed by atoms with Crippen LogP contribution in [-0.4, -0.2) is 37.8 Å². The lowest BCUT2D eigenvalue weighted by molar-refractivity contribution is 0.103. The largest absolute Gasteiger partial charge is 0.345 e. The molecule has 0 spiro atoms. The van der Waals surface area contributed by atoms with Crippen LogP contribution in [0.4, 0.5) is 14.5 Å². The van der Waals surface area contributed by atoms with Crippen molar-refractivity contribution in [2.45, 2.75) is 13.3 Å². The van der Waals surface area contributed by atoms with Crippen LogP contribution < -0.4 is 10.2 Å². The molecule has 27 heavy (non-hydrogen) atoms. The molecule has 1 aromatic carbocycles. The first-order valence-corrected chi connectivity index (χ1v) is 9.85. The Labute approximate surface area is 155 Å². The average molecular weight is 391 g/mol. The monoisotopic (exact) mass is 391 g/mol. The number of hydrogen-bond donors (Lipinski definition) is 2. The number of rotatable bonds is 6. The Morgan fingerprint density at radius 3 is 2.78 bits per heavy atom. The van der Waals surface area contributed by atoms with Crippen LogP contribution in [0.15, 0.2) is 30.6 Å². The first-order valence-electron chi connectivity index (χ1n) is 8.20. The van der Waals surface area contributed by atoms with Crippen molar-refractivity contribution < 1.29 is 22.0 Å². The lowest BCUT2D eigenvalue weighted by atomic mass is 9.95. The predicted octanol–water partition coefficient (Wildman–Crippen LogP) is 1.48. The minimum absolute atomic E-state index is 0.0487. The number of benzene rings is 1. The molecule has 0 atom stereocenters. The van der Waals surface area contributed by atoms with Gasteiger partial charge in [-0.3, -0.25) is 9.52 Å². The van der Waals surface area contributed by atoms with Gasteiger partial charge in [0, 0.05) is 23.3 Å². The second kappa shape index (κ2) is 7.11. The lowest BCUT2D eigenvalue weighted by Gasteiger charge is -2.11. The van der Waals surface area contributed by atoms with E-state index >= 15 is 0 Å². The van der Waals surface area contributed by atoms with E-state index in [1.807, 2.05) is 0 Å². The maximum absolute atomic E-state index is 14.8. The van der Waals surface area contributed by atoms with Crippen molar-refractivity contribution in [1.29, 1.82) is 0 Å². The Hall–Kier alpha value is -2.75. The minimum atomic E-state index is -3.80. The molecule has 0 aliphatic carbocycles.